The van der Waals surface area contributed by atoms with Crippen molar-refractivity contribution in [2.24, 2.45) is 5.92 Å². The van der Waals surface area contributed by atoms with Crippen LogP contribution in [0.15, 0.2) is 40.9 Å². The van der Waals surface area contributed by atoms with Gasteiger partial charge in [-0.3, -0.25) is 9.78 Å². The fraction of sp³-hybridized carbons (Fsp3) is 0.500. The summed E-state index contributed by atoms with van der Waals surface area (Å²) in [7, 11) is 0. The number of carbonyl (C=O) groups is 1. The van der Waals surface area contributed by atoms with Crippen LogP contribution < -0.4 is 0 Å². The van der Waals surface area contributed by atoms with Crippen molar-refractivity contribution in [1.82, 2.24) is 9.88 Å². The molecule has 0 N–H and O–H groups in total. The van der Waals surface area contributed by atoms with Gasteiger partial charge in [0.25, 0.3) is 5.91 Å². The van der Waals surface area contributed by atoms with Crippen molar-refractivity contribution in [3.8, 4) is 0 Å². The highest BCUT2D eigenvalue weighted by molar-refractivity contribution is 5.92. The van der Waals surface area contributed by atoms with Crippen LogP contribution in [0, 0.1) is 12.8 Å². The van der Waals surface area contributed by atoms with Crippen LogP contribution in [0.3, 0.4) is 0 Å². The van der Waals surface area contributed by atoms with Gasteiger partial charge in [-0.05, 0) is 49.9 Å². The molecule has 1 saturated heterocycles. The number of fused-ring (bicyclic) bond motifs is 1. The molecule has 138 valence electrons. The normalized spacial score (nSPS) is 25.3. The molecule has 1 amide bonds. The molecule has 2 aliphatic rings. The Balaban J connectivity index is 1.34. The average molecular weight is 356 g/mol. The van der Waals surface area contributed by atoms with Crippen LogP contribution in [-0.2, 0) is 16.1 Å². The third-order valence-electron chi connectivity index (χ3n) is 5.18. The van der Waals surface area contributed by atoms with Crippen LogP contribution in [0.2, 0.25) is 0 Å². The molecule has 26 heavy (non-hydrogen) atoms. The van der Waals surface area contributed by atoms with Crippen LogP contribution in [-0.4, -0.2) is 47.7 Å². The van der Waals surface area contributed by atoms with E-state index in [9.17, 15) is 4.79 Å². The van der Waals surface area contributed by atoms with Gasteiger partial charge < -0.3 is 18.8 Å². The minimum Gasteiger partial charge on any atom is -0.456 e. The maximum Gasteiger partial charge on any atom is 0.289 e. The first-order valence-electron chi connectivity index (χ1n) is 9.17. The zero-order valence-corrected chi connectivity index (χ0v) is 15.0. The van der Waals surface area contributed by atoms with Crippen molar-refractivity contribution in [2.45, 2.75) is 38.5 Å². The predicted octanol–water partition coefficient (Wildman–Crippen LogP) is 2.82. The fourth-order valence-electron chi connectivity index (χ4n) is 3.94. The Kier molecular flexibility index (Phi) is 5.04. The van der Waals surface area contributed by atoms with Crippen molar-refractivity contribution in [2.75, 3.05) is 19.8 Å². The summed E-state index contributed by atoms with van der Waals surface area (Å²) >= 11 is 0. The first kappa shape index (κ1) is 17.2. The van der Waals surface area contributed by atoms with Crippen LogP contribution in [0.25, 0.3) is 0 Å². The highest BCUT2D eigenvalue weighted by atomic mass is 16.5. The Morgan fingerprint density at radius 2 is 2.23 bits per heavy atom. The van der Waals surface area contributed by atoms with Gasteiger partial charge in [0, 0.05) is 12.7 Å². The summed E-state index contributed by atoms with van der Waals surface area (Å²) in [4.78, 5) is 19.0. The number of carbonyl (C=O) groups excluding carboxylic acids is 1. The third-order valence-corrected chi connectivity index (χ3v) is 5.18. The van der Waals surface area contributed by atoms with Crippen molar-refractivity contribution < 1.29 is 18.7 Å². The van der Waals surface area contributed by atoms with Crippen molar-refractivity contribution in [3.63, 3.8) is 0 Å². The molecule has 2 aromatic heterocycles. The van der Waals surface area contributed by atoms with E-state index in [1.807, 2.05) is 36.1 Å². The number of amides is 1. The van der Waals surface area contributed by atoms with Crippen LogP contribution in [0.5, 0.6) is 0 Å². The molecule has 3 atom stereocenters. The second-order valence-corrected chi connectivity index (χ2v) is 7.06. The van der Waals surface area contributed by atoms with Gasteiger partial charge in [-0.1, -0.05) is 6.07 Å². The lowest BCUT2D eigenvalue weighted by Gasteiger charge is -2.37. The van der Waals surface area contributed by atoms with E-state index in [1.54, 1.807) is 12.3 Å². The van der Waals surface area contributed by atoms with Crippen molar-refractivity contribution >= 4 is 5.91 Å². The van der Waals surface area contributed by atoms with Crippen LogP contribution in [0.1, 0.15) is 34.9 Å². The Morgan fingerprint density at radius 3 is 3.00 bits per heavy atom. The molecule has 6 nitrogen and oxygen atoms in total. The number of hydrogen-bond acceptors (Lipinski definition) is 5. The fourth-order valence-corrected chi connectivity index (χ4v) is 3.94. The summed E-state index contributed by atoms with van der Waals surface area (Å²) in [5.74, 6) is 1.52. The number of furan rings is 1. The molecule has 1 saturated carbocycles. The molecule has 0 bridgehead atoms. The van der Waals surface area contributed by atoms with Crippen molar-refractivity contribution in [1.29, 1.82) is 0 Å². The maximum absolute atomic E-state index is 12.8. The Morgan fingerprint density at radius 1 is 1.31 bits per heavy atom. The maximum atomic E-state index is 12.8. The zero-order valence-electron chi connectivity index (χ0n) is 15.0. The van der Waals surface area contributed by atoms with E-state index in [2.05, 4.69) is 4.98 Å². The summed E-state index contributed by atoms with van der Waals surface area (Å²) in [5, 5.41) is 0. The van der Waals surface area contributed by atoms with E-state index >= 15 is 0 Å². The Bertz CT molecular complexity index is 745. The van der Waals surface area contributed by atoms with Gasteiger partial charge >= 0.3 is 0 Å². The lowest BCUT2D eigenvalue weighted by molar-refractivity contribution is -0.0459. The molecule has 0 aromatic carbocycles. The number of pyridine rings is 1. The number of ether oxygens (including phenoxy) is 2. The number of rotatable bonds is 5. The highest BCUT2D eigenvalue weighted by Crippen LogP contribution is 2.35. The third kappa shape index (κ3) is 3.66. The van der Waals surface area contributed by atoms with E-state index in [1.165, 1.54) is 0 Å². The van der Waals surface area contributed by atoms with Crippen LogP contribution in [0.4, 0.5) is 0 Å². The smallest absolute Gasteiger partial charge is 0.289 e. The summed E-state index contributed by atoms with van der Waals surface area (Å²) < 4.78 is 17.3. The predicted molar refractivity (Wildman–Crippen MR) is 94.6 cm³/mol. The summed E-state index contributed by atoms with van der Waals surface area (Å²) in [6, 6.07) is 9.50. The first-order valence-corrected chi connectivity index (χ1v) is 9.17. The first-order chi connectivity index (χ1) is 12.7. The monoisotopic (exact) mass is 356 g/mol. The molecule has 0 unspecified atom stereocenters. The largest absolute Gasteiger partial charge is 0.456 e. The van der Waals surface area contributed by atoms with Crippen LogP contribution >= 0.6 is 0 Å². The van der Waals surface area contributed by atoms with Gasteiger partial charge in [-0.2, -0.15) is 0 Å². The minimum absolute atomic E-state index is 0.0357. The van der Waals surface area contributed by atoms with E-state index < -0.39 is 0 Å². The molecule has 4 rings (SSSR count). The topological polar surface area (TPSA) is 64.8 Å². The molecular formula is C20H24N2O4. The van der Waals surface area contributed by atoms with Gasteiger partial charge in [0.15, 0.2) is 5.76 Å². The minimum atomic E-state index is -0.0357. The Labute approximate surface area is 153 Å². The summed E-state index contributed by atoms with van der Waals surface area (Å²) in [5.41, 5.74) is 0.934. The van der Waals surface area contributed by atoms with Crippen molar-refractivity contribution in [3.05, 3.63) is 53.7 Å². The van der Waals surface area contributed by atoms with E-state index in [-0.39, 0.29) is 18.1 Å². The van der Waals surface area contributed by atoms with Gasteiger partial charge in [0.1, 0.15) is 5.76 Å². The lowest BCUT2D eigenvalue weighted by Crippen LogP contribution is -2.51. The van der Waals surface area contributed by atoms with Gasteiger partial charge in [-0.15, -0.1) is 0 Å². The molecule has 2 fully saturated rings. The Hall–Kier alpha value is -2.18. The second kappa shape index (κ2) is 7.60. The van der Waals surface area contributed by atoms with E-state index in [0.717, 1.165) is 24.3 Å². The number of aromatic nitrogens is 1. The average Bonchev–Trinajstić information content (AvgIpc) is 3.27. The molecular weight excluding hydrogens is 332 g/mol. The SMILES string of the molecule is Cc1ccc(C(=O)N2CCO[C@@H]3C[C@@H](COCc4ccccn4)C[C@@H]32)o1. The second-order valence-electron chi connectivity index (χ2n) is 7.06. The molecule has 3 heterocycles. The molecule has 1 aliphatic heterocycles. The number of aryl methyl sites for hydroxylation is 1. The molecule has 1 aliphatic carbocycles. The number of hydrogen-bond donors (Lipinski definition) is 0. The van der Waals surface area contributed by atoms with E-state index in [0.29, 0.717) is 38.0 Å². The summed E-state index contributed by atoms with van der Waals surface area (Å²) in [6.07, 6.45) is 3.69. The molecule has 0 spiro atoms. The number of nitrogens with zero attached hydrogens (tertiary/aromatic N) is 2. The standard InChI is InChI=1S/C20H24N2O4/c1-14-5-6-18(26-14)20(23)22-8-9-25-19-11-15(10-17(19)22)12-24-13-16-4-2-3-7-21-16/h2-7,15,17,19H,8-13H2,1H3/t15-,17-,19+/m0/s1. The molecule has 2 aromatic rings. The van der Waals surface area contributed by atoms with Gasteiger partial charge in [0.05, 0.1) is 37.7 Å². The summed E-state index contributed by atoms with van der Waals surface area (Å²) in [6.45, 7) is 4.22. The van der Waals surface area contributed by atoms with Gasteiger partial charge in [0.2, 0.25) is 0 Å². The van der Waals surface area contributed by atoms with E-state index in [4.69, 9.17) is 13.9 Å². The van der Waals surface area contributed by atoms with Gasteiger partial charge in [-0.25, -0.2) is 0 Å². The highest BCUT2D eigenvalue weighted by Gasteiger charge is 2.43. The lowest BCUT2D eigenvalue weighted by atomic mass is 10.1. The zero-order chi connectivity index (χ0) is 17.9. The molecule has 6 heteroatoms. The molecule has 0 radical (unpaired) electrons. The quantitative estimate of drug-likeness (QED) is 0.824. The number of morpholine rings is 1.